The number of aromatic amines is 1. The second-order valence-corrected chi connectivity index (χ2v) is 10.2. The summed E-state index contributed by atoms with van der Waals surface area (Å²) in [6.07, 6.45) is 16.2. The number of rotatable bonds is 12. The summed E-state index contributed by atoms with van der Waals surface area (Å²) in [4.78, 5) is 12.5. The maximum Gasteiger partial charge on any atom is 0.138 e. The minimum atomic E-state index is -0.254. The average molecular weight is 538 g/mol. The third kappa shape index (κ3) is 7.35. The van der Waals surface area contributed by atoms with Gasteiger partial charge in [0.2, 0.25) is 0 Å². The molecule has 0 saturated heterocycles. The first-order chi connectivity index (χ1) is 19.0. The standard InChI is InChI=1S/C34H40FN5/c1-9-13-29(28-14-11-12-15-31(28)35)33-25(8)39-34(40-33)24(7)30(32(36)10-2)17-22(5)26-18-27(20-37-19-26)38-23(6)16-21(3)4/h9-10,12-13,15,17-21,38H,1,5-7,11,14,16,36H2,2-4,8H3,(H,39,40)/b29-13-,30-17-,32-10+. The molecule has 1 aliphatic carbocycles. The molecule has 0 aliphatic heterocycles. The summed E-state index contributed by atoms with van der Waals surface area (Å²) < 4.78 is 14.7. The van der Waals surface area contributed by atoms with Gasteiger partial charge in [-0.2, -0.15) is 0 Å². The van der Waals surface area contributed by atoms with Gasteiger partial charge < -0.3 is 16.0 Å². The van der Waals surface area contributed by atoms with Crippen LogP contribution in [0.15, 0.2) is 110 Å². The summed E-state index contributed by atoms with van der Waals surface area (Å²) in [6.45, 7) is 24.6. The lowest BCUT2D eigenvalue weighted by molar-refractivity contribution is 0.643. The van der Waals surface area contributed by atoms with Crippen LogP contribution in [0.4, 0.5) is 10.1 Å². The Morgan fingerprint density at radius 2 is 2.00 bits per heavy atom. The zero-order valence-electron chi connectivity index (χ0n) is 24.1. The largest absolute Gasteiger partial charge is 0.398 e. The van der Waals surface area contributed by atoms with Crippen LogP contribution >= 0.6 is 0 Å². The molecule has 5 nitrogen and oxygen atoms in total. The Labute approximate surface area is 237 Å². The molecule has 0 spiro atoms. The number of hydrogen-bond donors (Lipinski definition) is 3. The van der Waals surface area contributed by atoms with E-state index >= 15 is 0 Å². The van der Waals surface area contributed by atoms with Crippen LogP contribution in [0, 0.1) is 12.8 Å². The molecule has 2 aromatic rings. The second kappa shape index (κ2) is 13.6. The fourth-order valence-corrected chi connectivity index (χ4v) is 4.52. The lowest BCUT2D eigenvalue weighted by Gasteiger charge is -2.14. The highest BCUT2D eigenvalue weighted by molar-refractivity contribution is 5.87. The number of nitrogens with two attached hydrogens (primary N) is 1. The van der Waals surface area contributed by atoms with Crippen molar-refractivity contribution in [2.75, 3.05) is 5.32 Å². The average Bonchev–Trinajstić information content (AvgIpc) is 3.30. The molecule has 0 atom stereocenters. The maximum atomic E-state index is 14.7. The van der Waals surface area contributed by atoms with Gasteiger partial charge in [0.15, 0.2) is 0 Å². The summed E-state index contributed by atoms with van der Waals surface area (Å²) in [7, 11) is 0. The smallest absolute Gasteiger partial charge is 0.138 e. The predicted molar refractivity (Wildman–Crippen MR) is 169 cm³/mol. The number of imidazole rings is 1. The van der Waals surface area contributed by atoms with Gasteiger partial charge in [-0.15, -0.1) is 0 Å². The van der Waals surface area contributed by atoms with E-state index in [0.29, 0.717) is 57.4 Å². The molecule has 2 heterocycles. The van der Waals surface area contributed by atoms with E-state index in [9.17, 15) is 4.39 Å². The van der Waals surface area contributed by atoms with Gasteiger partial charge in [0.05, 0.1) is 17.6 Å². The van der Waals surface area contributed by atoms with Crippen LogP contribution in [0.2, 0.25) is 0 Å². The van der Waals surface area contributed by atoms with Gasteiger partial charge in [-0.3, -0.25) is 4.98 Å². The van der Waals surface area contributed by atoms with E-state index in [4.69, 9.17) is 10.7 Å². The summed E-state index contributed by atoms with van der Waals surface area (Å²) >= 11 is 0. The lowest BCUT2D eigenvalue weighted by atomic mass is 9.93. The Bertz CT molecular complexity index is 1470. The maximum absolute atomic E-state index is 14.7. The van der Waals surface area contributed by atoms with Crippen molar-refractivity contribution in [1.82, 2.24) is 15.0 Å². The van der Waals surface area contributed by atoms with Crippen molar-refractivity contribution >= 4 is 22.4 Å². The summed E-state index contributed by atoms with van der Waals surface area (Å²) in [6, 6.07) is 1.98. The highest BCUT2D eigenvalue weighted by Gasteiger charge is 2.21. The first-order valence-corrected chi connectivity index (χ1v) is 13.4. The molecule has 0 fully saturated rings. The molecule has 3 rings (SSSR count). The number of nitrogens with zero attached hydrogens (tertiary/aromatic N) is 2. The molecular formula is C34H40FN5. The molecule has 0 saturated carbocycles. The summed E-state index contributed by atoms with van der Waals surface area (Å²) in [5.41, 5.74) is 14.3. The van der Waals surface area contributed by atoms with Gasteiger partial charge in [0.25, 0.3) is 0 Å². The number of anilines is 1. The first-order valence-electron chi connectivity index (χ1n) is 13.4. The van der Waals surface area contributed by atoms with Crippen LogP contribution in [0.5, 0.6) is 0 Å². The van der Waals surface area contributed by atoms with Crippen LogP contribution < -0.4 is 11.1 Å². The van der Waals surface area contributed by atoms with Crippen molar-refractivity contribution in [3.63, 3.8) is 0 Å². The molecule has 0 radical (unpaired) electrons. The molecule has 208 valence electrons. The molecule has 40 heavy (non-hydrogen) atoms. The van der Waals surface area contributed by atoms with Crippen molar-refractivity contribution in [3.8, 4) is 0 Å². The van der Waals surface area contributed by atoms with Gasteiger partial charge >= 0.3 is 0 Å². The number of aromatic nitrogens is 3. The number of aryl methyl sites for hydroxylation is 1. The monoisotopic (exact) mass is 537 g/mol. The molecule has 0 bridgehead atoms. The molecular weight excluding hydrogens is 497 g/mol. The van der Waals surface area contributed by atoms with Crippen LogP contribution in [0.25, 0.3) is 16.7 Å². The Kier molecular flexibility index (Phi) is 10.2. The minimum Gasteiger partial charge on any atom is -0.398 e. The Morgan fingerprint density at radius 3 is 2.65 bits per heavy atom. The number of halogens is 1. The number of allylic oxidation sites excluding steroid dienone is 12. The van der Waals surface area contributed by atoms with Crippen molar-refractivity contribution < 1.29 is 4.39 Å². The zero-order chi connectivity index (χ0) is 29.4. The van der Waals surface area contributed by atoms with Crippen LogP contribution in [-0.2, 0) is 0 Å². The molecule has 2 aromatic heterocycles. The quantitative estimate of drug-likeness (QED) is 0.237. The second-order valence-electron chi connectivity index (χ2n) is 10.2. The molecule has 6 heteroatoms. The predicted octanol–water partition coefficient (Wildman–Crippen LogP) is 8.74. The Morgan fingerprint density at radius 1 is 1.25 bits per heavy atom. The number of H-pyrrole nitrogens is 1. The third-order valence-corrected chi connectivity index (χ3v) is 6.50. The van der Waals surface area contributed by atoms with Crippen molar-refractivity contribution in [3.05, 3.63) is 132 Å². The molecule has 0 unspecified atom stereocenters. The van der Waals surface area contributed by atoms with E-state index in [1.165, 1.54) is 6.08 Å². The third-order valence-electron chi connectivity index (χ3n) is 6.50. The van der Waals surface area contributed by atoms with Crippen LogP contribution in [0.1, 0.15) is 62.8 Å². The topological polar surface area (TPSA) is 79.6 Å². The van der Waals surface area contributed by atoms with Crippen molar-refractivity contribution in [2.45, 2.75) is 47.0 Å². The highest BCUT2D eigenvalue weighted by Crippen LogP contribution is 2.35. The summed E-state index contributed by atoms with van der Waals surface area (Å²) in [5.74, 6) is 0.781. The van der Waals surface area contributed by atoms with E-state index in [0.717, 1.165) is 35.5 Å². The normalized spacial score (nSPS) is 14.5. The highest BCUT2D eigenvalue weighted by atomic mass is 19.1. The van der Waals surface area contributed by atoms with Crippen molar-refractivity contribution in [2.24, 2.45) is 11.7 Å². The number of nitrogens with one attached hydrogen (secondary N) is 2. The fourth-order valence-electron chi connectivity index (χ4n) is 4.52. The van der Waals surface area contributed by atoms with E-state index in [1.54, 1.807) is 24.5 Å². The van der Waals surface area contributed by atoms with Crippen LogP contribution in [-0.4, -0.2) is 15.0 Å². The SMILES string of the molecule is C=C/C=C(/C1=C(F)C=CCC1)c1nc(C(=C)C(=C/C(=C)c2cncc(NC(=C)CC(C)C)c2)/C(N)=C\C)[nH]c1C. The molecule has 0 amide bonds. The van der Waals surface area contributed by atoms with Gasteiger partial charge in [-0.1, -0.05) is 64.5 Å². The van der Waals surface area contributed by atoms with Gasteiger partial charge in [0.1, 0.15) is 11.7 Å². The Balaban J connectivity index is 1.96. The van der Waals surface area contributed by atoms with Gasteiger partial charge in [-0.05, 0) is 68.4 Å². The Hall–Kier alpha value is -4.45. The molecule has 1 aliphatic rings. The van der Waals surface area contributed by atoms with Gasteiger partial charge in [-0.25, -0.2) is 9.37 Å². The van der Waals surface area contributed by atoms with E-state index in [2.05, 4.69) is 55.4 Å². The molecule has 4 N–H and O–H groups in total. The number of hydrogen-bond acceptors (Lipinski definition) is 4. The van der Waals surface area contributed by atoms with Gasteiger partial charge in [0, 0.05) is 45.6 Å². The first kappa shape index (κ1) is 30.1. The van der Waals surface area contributed by atoms with E-state index in [1.807, 2.05) is 38.1 Å². The molecule has 0 aromatic carbocycles. The van der Waals surface area contributed by atoms with E-state index in [-0.39, 0.29) is 5.83 Å². The number of pyridine rings is 1. The van der Waals surface area contributed by atoms with Crippen LogP contribution in [0.3, 0.4) is 0 Å². The van der Waals surface area contributed by atoms with E-state index < -0.39 is 0 Å². The zero-order valence-corrected chi connectivity index (χ0v) is 24.1. The minimum absolute atomic E-state index is 0.254. The fraction of sp³-hybridized carbons (Fsp3) is 0.235. The lowest BCUT2D eigenvalue weighted by Crippen LogP contribution is -2.05. The summed E-state index contributed by atoms with van der Waals surface area (Å²) in [5, 5.41) is 3.33. The van der Waals surface area contributed by atoms with Crippen molar-refractivity contribution in [1.29, 1.82) is 0 Å².